The molecule has 0 radical (unpaired) electrons. The molecule has 2 aliphatic rings. The first-order valence-electron chi connectivity index (χ1n) is 7.84. The molecule has 2 aliphatic heterocycles. The van der Waals surface area contributed by atoms with E-state index in [0.717, 1.165) is 38.5 Å². The number of hydrogen-bond donors (Lipinski definition) is 1. The summed E-state index contributed by atoms with van der Waals surface area (Å²) in [5.74, 6) is 2.00. The van der Waals surface area contributed by atoms with E-state index in [-0.39, 0.29) is 0 Å². The van der Waals surface area contributed by atoms with Gasteiger partial charge in [-0.05, 0) is 24.2 Å². The second-order valence-electron chi connectivity index (χ2n) is 7.18. The van der Waals surface area contributed by atoms with E-state index in [1.54, 1.807) is 6.33 Å². The van der Waals surface area contributed by atoms with Gasteiger partial charge in [0.05, 0.1) is 5.69 Å². The molecule has 20 heavy (non-hydrogen) atoms. The number of fused-ring (bicyclic) bond motifs is 1. The van der Waals surface area contributed by atoms with Crippen LogP contribution in [0.15, 0.2) is 6.33 Å². The lowest BCUT2D eigenvalue weighted by Crippen LogP contribution is -2.39. The van der Waals surface area contributed by atoms with E-state index in [1.165, 1.54) is 29.9 Å². The van der Waals surface area contributed by atoms with Crippen molar-refractivity contribution in [1.82, 2.24) is 15.3 Å². The summed E-state index contributed by atoms with van der Waals surface area (Å²) in [6.07, 6.45) is 5.32. The minimum absolute atomic E-state index is 0.429. The van der Waals surface area contributed by atoms with Crippen molar-refractivity contribution in [3.05, 3.63) is 17.6 Å². The van der Waals surface area contributed by atoms with Gasteiger partial charge >= 0.3 is 0 Å². The molecule has 3 rings (SSSR count). The van der Waals surface area contributed by atoms with E-state index in [0.29, 0.717) is 5.41 Å². The molecule has 0 unspecified atom stereocenters. The van der Waals surface area contributed by atoms with Crippen LogP contribution in [0, 0.1) is 11.3 Å². The van der Waals surface area contributed by atoms with Crippen molar-refractivity contribution in [2.75, 3.05) is 24.5 Å². The Hall–Kier alpha value is -1.16. The minimum Gasteiger partial charge on any atom is -0.356 e. The van der Waals surface area contributed by atoms with Crippen LogP contribution in [-0.4, -0.2) is 29.6 Å². The standard InChI is InChI=1S/C16H26N4/c1-16(2,3)12-5-8-20(9-6-12)15-13-10-17-7-4-14(13)18-11-19-15/h11-12,17H,4-10H2,1-3H3. The highest BCUT2D eigenvalue weighted by Crippen LogP contribution is 2.36. The molecule has 0 aromatic carbocycles. The van der Waals surface area contributed by atoms with Gasteiger partial charge in [0, 0.05) is 38.2 Å². The smallest absolute Gasteiger partial charge is 0.136 e. The van der Waals surface area contributed by atoms with Crippen molar-refractivity contribution in [1.29, 1.82) is 0 Å². The zero-order chi connectivity index (χ0) is 14.2. The molecule has 0 amide bonds. The van der Waals surface area contributed by atoms with E-state index in [2.05, 4.69) is 41.0 Å². The maximum atomic E-state index is 4.58. The molecule has 1 N–H and O–H groups in total. The number of nitrogens with zero attached hydrogens (tertiary/aromatic N) is 3. The van der Waals surface area contributed by atoms with Gasteiger partial charge in [-0.25, -0.2) is 9.97 Å². The van der Waals surface area contributed by atoms with Crippen LogP contribution in [0.5, 0.6) is 0 Å². The van der Waals surface area contributed by atoms with E-state index in [9.17, 15) is 0 Å². The Balaban J connectivity index is 1.76. The molecule has 0 saturated carbocycles. The number of anilines is 1. The predicted molar refractivity (Wildman–Crippen MR) is 81.8 cm³/mol. The van der Waals surface area contributed by atoms with Crippen molar-refractivity contribution in [2.45, 2.75) is 46.6 Å². The number of nitrogens with one attached hydrogen (secondary N) is 1. The highest BCUT2D eigenvalue weighted by Gasteiger charge is 2.30. The third kappa shape index (κ3) is 2.66. The number of piperidine rings is 1. The molecular weight excluding hydrogens is 248 g/mol. The zero-order valence-electron chi connectivity index (χ0n) is 12.9. The fourth-order valence-electron chi connectivity index (χ4n) is 3.48. The van der Waals surface area contributed by atoms with Gasteiger partial charge in [-0.2, -0.15) is 0 Å². The Bertz CT molecular complexity index is 470. The highest BCUT2D eigenvalue weighted by molar-refractivity contribution is 5.49. The quantitative estimate of drug-likeness (QED) is 0.853. The van der Waals surface area contributed by atoms with Crippen molar-refractivity contribution in [3.63, 3.8) is 0 Å². The summed E-state index contributed by atoms with van der Waals surface area (Å²) in [5, 5.41) is 3.45. The molecule has 4 nitrogen and oxygen atoms in total. The first-order valence-corrected chi connectivity index (χ1v) is 7.84. The average molecular weight is 274 g/mol. The number of hydrogen-bond acceptors (Lipinski definition) is 4. The Morgan fingerprint density at radius 1 is 1.20 bits per heavy atom. The highest BCUT2D eigenvalue weighted by atomic mass is 15.2. The number of aromatic nitrogens is 2. The topological polar surface area (TPSA) is 41.1 Å². The summed E-state index contributed by atoms with van der Waals surface area (Å²) in [6.45, 7) is 11.3. The lowest BCUT2D eigenvalue weighted by Gasteiger charge is -2.40. The maximum Gasteiger partial charge on any atom is 0.136 e. The summed E-state index contributed by atoms with van der Waals surface area (Å²) in [7, 11) is 0. The monoisotopic (exact) mass is 274 g/mol. The van der Waals surface area contributed by atoms with Crippen molar-refractivity contribution in [2.24, 2.45) is 11.3 Å². The molecular formula is C16H26N4. The largest absolute Gasteiger partial charge is 0.356 e. The Morgan fingerprint density at radius 2 is 1.95 bits per heavy atom. The predicted octanol–water partition coefficient (Wildman–Crippen LogP) is 2.38. The van der Waals surface area contributed by atoms with Crippen molar-refractivity contribution in [3.8, 4) is 0 Å². The molecule has 4 heteroatoms. The SMILES string of the molecule is CC(C)(C)C1CCN(c2ncnc3c2CNCC3)CC1. The second kappa shape index (κ2) is 5.32. The molecule has 1 aromatic rings. The van der Waals surface area contributed by atoms with Crippen LogP contribution in [0.1, 0.15) is 44.9 Å². The van der Waals surface area contributed by atoms with Gasteiger partial charge in [-0.1, -0.05) is 20.8 Å². The molecule has 3 heterocycles. The Morgan fingerprint density at radius 3 is 2.65 bits per heavy atom. The summed E-state index contributed by atoms with van der Waals surface area (Å²) >= 11 is 0. The second-order valence-corrected chi connectivity index (χ2v) is 7.18. The third-order valence-corrected chi connectivity index (χ3v) is 4.87. The summed E-state index contributed by atoms with van der Waals surface area (Å²) < 4.78 is 0. The molecule has 1 fully saturated rings. The average Bonchev–Trinajstić information content (AvgIpc) is 2.46. The summed E-state index contributed by atoms with van der Waals surface area (Å²) in [4.78, 5) is 11.5. The normalized spacial score (nSPS) is 20.9. The molecule has 1 aromatic heterocycles. The molecule has 0 bridgehead atoms. The Kier molecular flexibility index (Phi) is 3.67. The summed E-state index contributed by atoms with van der Waals surface area (Å²) in [6, 6.07) is 0. The van der Waals surface area contributed by atoms with Crippen LogP contribution in [0.25, 0.3) is 0 Å². The van der Waals surface area contributed by atoms with Gasteiger partial charge in [0.2, 0.25) is 0 Å². The van der Waals surface area contributed by atoms with E-state index in [1.807, 2.05) is 0 Å². The third-order valence-electron chi connectivity index (χ3n) is 4.87. The minimum atomic E-state index is 0.429. The van der Waals surface area contributed by atoms with Gasteiger partial charge in [-0.3, -0.25) is 0 Å². The van der Waals surface area contributed by atoms with E-state index < -0.39 is 0 Å². The lowest BCUT2D eigenvalue weighted by atomic mass is 9.75. The first kappa shape index (κ1) is 13.8. The van der Waals surface area contributed by atoms with Crippen LogP contribution >= 0.6 is 0 Å². The fourth-order valence-corrected chi connectivity index (χ4v) is 3.48. The van der Waals surface area contributed by atoms with Gasteiger partial charge in [-0.15, -0.1) is 0 Å². The lowest BCUT2D eigenvalue weighted by molar-refractivity contribution is 0.198. The maximum absolute atomic E-state index is 4.58. The van der Waals surface area contributed by atoms with Crippen molar-refractivity contribution >= 4 is 5.82 Å². The van der Waals surface area contributed by atoms with Gasteiger partial charge in [0.1, 0.15) is 12.1 Å². The van der Waals surface area contributed by atoms with Gasteiger partial charge in [0.15, 0.2) is 0 Å². The van der Waals surface area contributed by atoms with Crippen LogP contribution in [0.3, 0.4) is 0 Å². The Labute approximate surface area is 122 Å². The van der Waals surface area contributed by atoms with Crippen LogP contribution in [0.2, 0.25) is 0 Å². The van der Waals surface area contributed by atoms with Gasteiger partial charge < -0.3 is 10.2 Å². The van der Waals surface area contributed by atoms with Crippen LogP contribution in [0.4, 0.5) is 5.82 Å². The molecule has 0 atom stereocenters. The molecule has 110 valence electrons. The molecule has 1 saturated heterocycles. The van der Waals surface area contributed by atoms with E-state index >= 15 is 0 Å². The van der Waals surface area contributed by atoms with E-state index in [4.69, 9.17) is 0 Å². The molecule has 0 spiro atoms. The molecule has 0 aliphatic carbocycles. The zero-order valence-corrected chi connectivity index (χ0v) is 12.9. The first-order chi connectivity index (χ1) is 9.55. The number of rotatable bonds is 1. The van der Waals surface area contributed by atoms with Crippen LogP contribution in [-0.2, 0) is 13.0 Å². The van der Waals surface area contributed by atoms with Crippen LogP contribution < -0.4 is 10.2 Å². The fraction of sp³-hybridized carbons (Fsp3) is 0.750. The summed E-state index contributed by atoms with van der Waals surface area (Å²) in [5.41, 5.74) is 3.00. The van der Waals surface area contributed by atoms with Gasteiger partial charge in [0.25, 0.3) is 0 Å². The van der Waals surface area contributed by atoms with Crippen molar-refractivity contribution < 1.29 is 0 Å².